The van der Waals surface area contributed by atoms with Crippen LogP contribution in [0.15, 0.2) is 40.8 Å². The molecule has 0 atom stereocenters. The number of amides is 1. The minimum Gasteiger partial charge on any atom is -0.461 e. The van der Waals surface area contributed by atoms with Gasteiger partial charge in [0.2, 0.25) is 5.91 Å². The van der Waals surface area contributed by atoms with E-state index < -0.39 is 0 Å². The number of rotatable bonds is 7. The van der Waals surface area contributed by atoms with Crippen LogP contribution in [0.2, 0.25) is 0 Å². The van der Waals surface area contributed by atoms with Crippen molar-refractivity contribution >= 4 is 17.5 Å². The normalized spacial score (nSPS) is 10.7. The Morgan fingerprint density at radius 3 is 2.60 bits per heavy atom. The zero-order valence-corrected chi connectivity index (χ0v) is 12.0. The molecule has 0 aliphatic carbocycles. The SMILES string of the molecule is NC(=O)CCc1cc(CCCCl)c(-c2ccccc2)o1. The van der Waals surface area contributed by atoms with Crippen molar-refractivity contribution < 1.29 is 9.21 Å². The lowest BCUT2D eigenvalue weighted by atomic mass is 10.0. The minimum absolute atomic E-state index is 0.302. The van der Waals surface area contributed by atoms with E-state index >= 15 is 0 Å². The van der Waals surface area contributed by atoms with Gasteiger partial charge in [0.05, 0.1) is 0 Å². The first-order valence-corrected chi connectivity index (χ1v) is 7.25. The molecule has 1 heterocycles. The smallest absolute Gasteiger partial charge is 0.217 e. The van der Waals surface area contributed by atoms with E-state index in [4.69, 9.17) is 21.8 Å². The van der Waals surface area contributed by atoms with Gasteiger partial charge in [-0.05, 0) is 24.5 Å². The average molecular weight is 292 g/mol. The molecule has 0 bridgehead atoms. The van der Waals surface area contributed by atoms with E-state index in [9.17, 15) is 4.79 Å². The van der Waals surface area contributed by atoms with E-state index in [0.717, 1.165) is 35.5 Å². The Labute approximate surface area is 123 Å². The number of hydrogen-bond donors (Lipinski definition) is 1. The van der Waals surface area contributed by atoms with E-state index in [-0.39, 0.29) is 5.91 Å². The number of furan rings is 1. The number of benzene rings is 1. The molecule has 20 heavy (non-hydrogen) atoms. The number of carbonyl (C=O) groups is 1. The predicted octanol–water partition coefficient (Wildman–Crippen LogP) is 3.54. The molecule has 2 N–H and O–H groups in total. The highest BCUT2D eigenvalue weighted by Gasteiger charge is 2.13. The first-order valence-electron chi connectivity index (χ1n) is 6.72. The molecule has 1 aromatic carbocycles. The van der Waals surface area contributed by atoms with Gasteiger partial charge in [0.25, 0.3) is 0 Å². The van der Waals surface area contributed by atoms with Gasteiger partial charge in [-0.25, -0.2) is 0 Å². The number of aryl methyl sites for hydroxylation is 2. The van der Waals surface area contributed by atoms with Gasteiger partial charge in [0, 0.05) is 24.3 Å². The summed E-state index contributed by atoms with van der Waals surface area (Å²) >= 11 is 5.77. The highest BCUT2D eigenvalue weighted by molar-refractivity contribution is 6.17. The third-order valence-electron chi connectivity index (χ3n) is 3.09. The van der Waals surface area contributed by atoms with E-state index in [2.05, 4.69) is 0 Å². The van der Waals surface area contributed by atoms with Crippen molar-refractivity contribution in [1.29, 1.82) is 0 Å². The molecule has 0 spiro atoms. The van der Waals surface area contributed by atoms with Crippen molar-refractivity contribution in [2.75, 3.05) is 5.88 Å². The molecular formula is C16H18ClNO2. The first-order chi connectivity index (χ1) is 9.70. The van der Waals surface area contributed by atoms with E-state index in [0.29, 0.717) is 18.7 Å². The summed E-state index contributed by atoms with van der Waals surface area (Å²) in [4.78, 5) is 10.9. The molecule has 0 saturated carbocycles. The summed E-state index contributed by atoms with van der Waals surface area (Å²) in [5.74, 6) is 1.98. The van der Waals surface area contributed by atoms with Crippen molar-refractivity contribution in [2.24, 2.45) is 5.73 Å². The second-order valence-electron chi connectivity index (χ2n) is 4.69. The topological polar surface area (TPSA) is 56.2 Å². The number of halogens is 1. The van der Waals surface area contributed by atoms with Crippen molar-refractivity contribution in [2.45, 2.75) is 25.7 Å². The molecule has 0 aliphatic heterocycles. The van der Waals surface area contributed by atoms with Crippen LogP contribution in [0.5, 0.6) is 0 Å². The van der Waals surface area contributed by atoms with Gasteiger partial charge in [0.15, 0.2) is 0 Å². The maximum Gasteiger partial charge on any atom is 0.217 e. The van der Waals surface area contributed by atoms with Gasteiger partial charge in [-0.3, -0.25) is 4.79 Å². The molecule has 106 valence electrons. The Hall–Kier alpha value is -1.74. The Morgan fingerprint density at radius 1 is 1.20 bits per heavy atom. The number of hydrogen-bond acceptors (Lipinski definition) is 2. The molecule has 2 aromatic rings. The Kier molecular flexibility index (Phi) is 5.24. The predicted molar refractivity (Wildman–Crippen MR) is 80.7 cm³/mol. The lowest BCUT2D eigenvalue weighted by Gasteiger charge is -2.01. The molecular weight excluding hydrogens is 274 g/mol. The fourth-order valence-electron chi connectivity index (χ4n) is 2.13. The van der Waals surface area contributed by atoms with Gasteiger partial charge in [-0.1, -0.05) is 30.3 Å². The molecule has 3 nitrogen and oxygen atoms in total. The van der Waals surface area contributed by atoms with Gasteiger partial charge in [-0.2, -0.15) is 0 Å². The van der Waals surface area contributed by atoms with Crippen LogP contribution in [0, 0.1) is 0 Å². The highest BCUT2D eigenvalue weighted by atomic mass is 35.5. The summed E-state index contributed by atoms with van der Waals surface area (Å²) in [7, 11) is 0. The van der Waals surface area contributed by atoms with Crippen LogP contribution in [0.3, 0.4) is 0 Å². The summed E-state index contributed by atoms with van der Waals surface area (Å²) in [5, 5.41) is 0. The van der Waals surface area contributed by atoms with Crippen molar-refractivity contribution in [3.63, 3.8) is 0 Å². The number of alkyl halides is 1. The van der Waals surface area contributed by atoms with E-state index in [1.54, 1.807) is 0 Å². The number of primary amides is 1. The van der Waals surface area contributed by atoms with Gasteiger partial charge in [0.1, 0.15) is 11.5 Å². The molecule has 0 radical (unpaired) electrons. The lowest BCUT2D eigenvalue weighted by molar-refractivity contribution is -0.118. The van der Waals surface area contributed by atoms with Crippen LogP contribution >= 0.6 is 11.6 Å². The monoisotopic (exact) mass is 291 g/mol. The molecule has 2 rings (SSSR count). The largest absolute Gasteiger partial charge is 0.461 e. The zero-order valence-electron chi connectivity index (χ0n) is 11.3. The first kappa shape index (κ1) is 14.7. The van der Waals surface area contributed by atoms with Crippen LogP contribution in [0.4, 0.5) is 0 Å². The fourth-order valence-corrected chi connectivity index (χ4v) is 2.27. The third-order valence-corrected chi connectivity index (χ3v) is 3.36. The average Bonchev–Trinajstić information content (AvgIpc) is 2.87. The van der Waals surface area contributed by atoms with Gasteiger partial charge < -0.3 is 10.2 Å². The Balaban J connectivity index is 2.25. The molecule has 4 heteroatoms. The quantitative estimate of drug-likeness (QED) is 0.793. The zero-order chi connectivity index (χ0) is 14.4. The second kappa shape index (κ2) is 7.15. The summed E-state index contributed by atoms with van der Waals surface area (Å²) in [6.07, 6.45) is 2.61. The summed E-state index contributed by atoms with van der Waals surface area (Å²) in [6.45, 7) is 0. The van der Waals surface area contributed by atoms with Crippen LogP contribution in [0.25, 0.3) is 11.3 Å². The molecule has 0 saturated heterocycles. The van der Waals surface area contributed by atoms with Crippen molar-refractivity contribution in [3.8, 4) is 11.3 Å². The number of nitrogens with two attached hydrogens (primary N) is 1. The Bertz CT molecular complexity index is 563. The Morgan fingerprint density at radius 2 is 1.95 bits per heavy atom. The molecule has 1 amide bonds. The van der Waals surface area contributed by atoms with Gasteiger partial charge in [-0.15, -0.1) is 11.6 Å². The molecule has 0 unspecified atom stereocenters. The maximum absolute atomic E-state index is 10.9. The third kappa shape index (κ3) is 3.87. The molecule has 0 aliphatic rings. The summed E-state index contributed by atoms with van der Waals surface area (Å²) < 4.78 is 5.90. The van der Waals surface area contributed by atoms with Crippen LogP contribution < -0.4 is 5.73 Å². The second-order valence-corrected chi connectivity index (χ2v) is 5.07. The minimum atomic E-state index is -0.315. The standard InChI is InChI=1S/C16H18ClNO2/c17-10-4-7-13-11-14(8-9-15(18)19)20-16(13)12-5-2-1-3-6-12/h1-3,5-6,11H,4,7-10H2,(H2,18,19). The molecule has 0 fully saturated rings. The van der Waals surface area contributed by atoms with Gasteiger partial charge >= 0.3 is 0 Å². The lowest BCUT2D eigenvalue weighted by Crippen LogP contribution is -2.10. The summed E-state index contributed by atoms with van der Waals surface area (Å²) in [6, 6.07) is 12.0. The van der Waals surface area contributed by atoms with E-state index in [1.165, 1.54) is 0 Å². The van der Waals surface area contributed by atoms with Crippen LogP contribution in [-0.4, -0.2) is 11.8 Å². The van der Waals surface area contributed by atoms with E-state index in [1.807, 2.05) is 36.4 Å². The fraction of sp³-hybridized carbons (Fsp3) is 0.312. The molecule has 1 aromatic heterocycles. The van der Waals surface area contributed by atoms with Crippen molar-refractivity contribution in [3.05, 3.63) is 47.7 Å². The maximum atomic E-state index is 10.9. The van der Waals surface area contributed by atoms with Crippen LogP contribution in [-0.2, 0) is 17.6 Å². The summed E-state index contributed by atoms with van der Waals surface area (Å²) in [5.41, 5.74) is 7.36. The highest BCUT2D eigenvalue weighted by Crippen LogP contribution is 2.29. The van der Waals surface area contributed by atoms with Crippen LogP contribution in [0.1, 0.15) is 24.2 Å². The number of carbonyl (C=O) groups excluding carboxylic acids is 1. The van der Waals surface area contributed by atoms with Crippen molar-refractivity contribution in [1.82, 2.24) is 0 Å².